The summed E-state index contributed by atoms with van der Waals surface area (Å²) < 4.78 is 16.1. The largest absolute Gasteiger partial charge is 0.324 e. The molecule has 1 aromatic carbocycles. The van der Waals surface area contributed by atoms with Crippen LogP contribution in [-0.2, 0) is 11.3 Å². The second kappa shape index (κ2) is 7.14. The van der Waals surface area contributed by atoms with Gasteiger partial charge in [0.1, 0.15) is 12.4 Å². The Hall–Kier alpha value is -3.29. The average molecular weight is 369 g/mol. The topological polar surface area (TPSA) is 81.8 Å². The van der Waals surface area contributed by atoms with Gasteiger partial charge in [0.2, 0.25) is 11.9 Å². The zero-order valence-electron chi connectivity index (χ0n) is 15.6. The minimum absolute atomic E-state index is 0.267. The molecule has 0 aliphatic heterocycles. The summed E-state index contributed by atoms with van der Waals surface area (Å²) in [6, 6.07) is 7.42. The first-order valence-electron chi connectivity index (χ1n) is 8.43. The van der Waals surface area contributed by atoms with Gasteiger partial charge in [-0.15, -0.1) is 0 Å². The van der Waals surface area contributed by atoms with Gasteiger partial charge in [0.15, 0.2) is 0 Å². The maximum Gasteiger partial charge on any atom is 0.258 e. The molecule has 0 bridgehead atoms. The normalized spacial score (nSPS) is 10.9. The number of aryl methyl sites for hydroxylation is 3. The van der Waals surface area contributed by atoms with Gasteiger partial charge in [0.25, 0.3) is 5.56 Å². The predicted molar refractivity (Wildman–Crippen MR) is 99.6 cm³/mol. The number of hydrogen-bond donors (Lipinski definition) is 1. The zero-order chi connectivity index (χ0) is 19.7. The number of hydrogen-bond acceptors (Lipinski definition) is 4. The van der Waals surface area contributed by atoms with Crippen molar-refractivity contribution in [3.63, 3.8) is 0 Å². The second-order valence-corrected chi connectivity index (χ2v) is 6.41. The van der Waals surface area contributed by atoms with Gasteiger partial charge in [-0.25, -0.2) is 14.1 Å². The van der Waals surface area contributed by atoms with Gasteiger partial charge in [0, 0.05) is 22.6 Å². The molecule has 140 valence electrons. The highest BCUT2D eigenvalue weighted by molar-refractivity contribution is 5.90. The van der Waals surface area contributed by atoms with Crippen LogP contribution < -0.4 is 10.9 Å². The number of rotatable bonds is 4. The number of aromatic nitrogens is 4. The van der Waals surface area contributed by atoms with E-state index in [1.165, 1.54) is 22.8 Å². The van der Waals surface area contributed by atoms with Gasteiger partial charge in [0.05, 0.1) is 5.69 Å². The number of benzene rings is 1. The van der Waals surface area contributed by atoms with Crippen molar-refractivity contribution >= 4 is 11.6 Å². The van der Waals surface area contributed by atoms with Crippen LogP contribution >= 0.6 is 0 Å². The lowest BCUT2D eigenvalue weighted by atomic mass is 10.2. The summed E-state index contributed by atoms with van der Waals surface area (Å²) in [5, 5.41) is 6.96. The van der Waals surface area contributed by atoms with Crippen LogP contribution in [0.15, 0.2) is 35.1 Å². The Labute approximate surface area is 155 Å². The molecule has 7 nitrogen and oxygen atoms in total. The van der Waals surface area contributed by atoms with E-state index in [1.54, 1.807) is 24.6 Å². The molecule has 1 N–H and O–H groups in total. The Balaban J connectivity index is 2.01. The third-order valence-electron chi connectivity index (χ3n) is 4.23. The predicted octanol–water partition coefficient (Wildman–Crippen LogP) is 2.44. The number of halogens is 1. The highest BCUT2D eigenvalue weighted by Crippen LogP contribution is 2.12. The molecule has 3 aromatic rings. The summed E-state index contributed by atoms with van der Waals surface area (Å²) in [4.78, 5) is 29.7. The molecule has 1 amide bonds. The van der Waals surface area contributed by atoms with E-state index in [-0.39, 0.29) is 18.1 Å². The van der Waals surface area contributed by atoms with Gasteiger partial charge in [-0.05, 0) is 52.0 Å². The molecule has 0 atom stereocenters. The zero-order valence-corrected chi connectivity index (χ0v) is 15.6. The molecule has 0 unspecified atom stereocenters. The highest BCUT2D eigenvalue weighted by Gasteiger charge is 2.18. The van der Waals surface area contributed by atoms with Gasteiger partial charge >= 0.3 is 0 Å². The molecule has 0 saturated carbocycles. The summed E-state index contributed by atoms with van der Waals surface area (Å²) in [5.74, 6) is -0.653. The van der Waals surface area contributed by atoms with Crippen molar-refractivity contribution in [2.75, 3.05) is 5.32 Å². The molecule has 27 heavy (non-hydrogen) atoms. The number of nitrogens with zero attached hydrogens (tertiary/aromatic N) is 4. The maximum absolute atomic E-state index is 13.3. The third-order valence-corrected chi connectivity index (χ3v) is 4.23. The Morgan fingerprint density at radius 1 is 1.19 bits per heavy atom. The van der Waals surface area contributed by atoms with E-state index in [0.29, 0.717) is 16.9 Å². The summed E-state index contributed by atoms with van der Waals surface area (Å²) in [6.45, 7) is 6.82. The van der Waals surface area contributed by atoms with Crippen molar-refractivity contribution in [2.24, 2.45) is 0 Å². The van der Waals surface area contributed by atoms with Crippen LogP contribution in [0.1, 0.15) is 22.6 Å². The Bertz CT molecular complexity index is 1080. The monoisotopic (exact) mass is 369 g/mol. The minimum atomic E-state index is -0.462. The maximum atomic E-state index is 13.3. The first kappa shape index (κ1) is 18.5. The summed E-state index contributed by atoms with van der Waals surface area (Å²) in [6.07, 6.45) is 0. The molecule has 0 spiro atoms. The molecule has 0 aliphatic carbocycles. The van der Waals surface area contributed by atoms with Crippen molar-refractivity contribution in [3.05, 3.63) is 69.1 Å². The molecule has 8 heteroatoms. The minimum Gasteiger partial charge on any atom is -0.324 e. The van der Waals surface area contributed by atoms with E-state index in [4.69, 9.17) is 0 Å². The lowest BCUT2D eigenvalue weighted by Crippen LogP contribution is -2.33. The molecule has 3 rings (SSSR count). The fourth-order valence-electron chi connectivity index (χ4n) is 2.79. The summed E-state index contributed by atoms with van der Waals surface area (Å²) in [7, 11) is 0. The first-order valence-corrected chi connectivity index (χ1v) is 8.43. The number of carbonyl (C=O) groups is 1. The van der Waals surface area contributed by atoms with Gasteiger partial charge in [-0.1, -0.05) is 6.07 Å². The van der Waals surface area contributed by atoms with Crippen LogP contribution in [0, 0.1) is 33.5 Å². The Morgan fingerprint density at radius 3 is 2.56 bits per heavy atom. The van der Waals surface area contributed by atoms with Crippen LogP contribution in [0.3, 0.4) is 0 Å². The number of carbonyl (C=O) groups excluding carboxylic acids is 1. The van der Waals surface area contributed by atoms with E-state index in [2.05, 4.69) is 15.4 Å². The van der Waals surface area contributed by atoms with Crippen LogP contribution in [0.5, 0.6) is 0 Å². The number of amides is 1. The smallest absolute Gasteiger partial charge is 0.258 e. The quantitative estimate of drug-likeness (QED) is 0.766. The molecule has 0 fully saturated rings. The summed E-state index contributed by atoms with van der Waals surface area (Å²) in [5.41, 5.74) is 2.60. The molecular formula is C19H20FN5O2. The SMILES string of the molecule is Cc1cc(C)n(-c2nc(C)c(C)c(=O)n2CC(=O)Nc2cccc(F)c2)n1. The van der Waals surface area contributed by atoms with Crippen molar-refractivity contribution in [3.8, 4) is 5.95 Å². The fraction of sp³-hybridized carbons (Fsp3) is 0.263. The Morgan fingerprint density at radius 2 is 1.93 bits per heavy atom. The lowest BCUT2D eigenvalue weighted by Gasteiger charge is -2.15. The van der Waals surface area contributed by atoms with Crippen LogP contribution in [0.2, 0.25) is 0 Å². The third kappa shape index (κ3) is 3.79. The number of anilines is 1. The molecule has 0 radical (unpaired) electrons. The molecule has 0 saturated heterocycles. The molecule has 2 heterocycles. The van der Waals surface area contributed by atoms with Crippen LogP contribution in [0.4, 0.5) is 10.1 Å². The molecular weight excluding hydrogens is 349 g/mol. The van der Waals surface area contributed by atoms with E-state index < -0.39 is 11.7 Å². The van der Waals surface area contributed by atoms with Crippen molar-refractivity contribution < 1.29 is 9.18 Å². The van der Waals surface area contributed by atoms with E-state index in [1.807, 2.05) is 19.9 Å². The average Bonchev–Trinajstić information content (AvgIpc) is 2.93. The standard InChI is InChI=1S/C19H20FN5O2/c1-11-8-12(2)25(23-11)19-21-14(4)13(3)18(27)24(19)10-17(26)22-16-7-5-6-15(20)9-16/h5-9H,10H2,1-4H3,(H,22,26). The molecule has 0 aliphatic rings. The summed E-state index contributed by atoms with van der Waals surface area (Å²) >= 11 is 0. The van der Waals surface area contributed by atoms with Crippen LogP contribution in [-0.4, -0.2) is 25.2 Å². The second-order valence-electron chi connectivity index (χ2n) is 6.41. The fourth-order valence-corrected chi connectivity index (χ4v) is 2.79. The van der Waals surface area contributed by atoms with Gasteiger partial charge in [-0.2, -0.15) is 5.10 Å². The molecule has 2 aromatic heterocycles. The van der Waals surface area contributed by atoms with Gasteiger partial charge < -0.3 is 5.32 Å². The Kier molecular flexibility index (Phi) is 4.89. The van der Waals surface area contributed by atoms with Crippen molar-refractivity contribution in [1.82, 2.24) is 19.3 Å². The first-order chi connectivity index (χ1) is 12.8. The number of nitrogens with one attached hydrogen (secondary N) is 1. The highest BCUT2D eigenvalue weighted by atomic mass is 19.1. The van der Waals surface area contributed by atoms with Crippen molar-refractivity contribution in [1.29, 1.82) is 0 Å². The van der Waals surface area contributed by atoms with E-state index in [9.17, 15) is 14.0 Å². The van der Waals surface area contributed by atoms with Crippen LogP contribution in [0.25, 0.3) is 5.95 Å². The van der Waals surface area contributed by atoms with E-state index in [0.717, 1.165) is 11.4 Å². The van der Waals surface area contributed by atoms with Crippen molar-refractivity contribution in [2.45, 2.75) is 34.2 Å². The van der Waals surface area contributed by atoms with Gasteiger partial charge in [-0.3, -0.25) is 14.2 Å². The lowest BCUT2D eigenvalue weighted by molar-refractivity contribution is -0.116. The van der Waals surface area contributed by atoms with E-state index >= 15 is 0 Å².